The molecule has 1 unspecified atom stereocenters. The normalized spacial score (nSPS) is 12.7. The first-order chi connectivity index (χ1) is 8.54. The minimum atomic E-state index is -0.604. The third-order valence-corrected chi connectivity index (χ3v) is 2.87. The van der Waals surface area contributed by atoms with Crippen molar-refractivity contribution in [3.05, 3.63) is 39.9 Å². The first-order valence-electron chi connectivity index (χ1n) is 6.15. The Labute approximate surface area is 107 Å². The fraction of sp³-hybridized carbons (Fsp3) is 0.538. The van der Waals surface area contributed by atoms with Crippen LogP contribution in [0.3, 0.4) is 0 Å². The lowest BCUT2D eigenvalue weighted by molar-refractivity contribution is -0.384. The van der Waals surface area contributed by atoms with E-state index in [4.69, 9.17) is 0 Å². The average Bonchev–Trinajstić information content (AvgIpc) is 2.36. The van der Waals surface area contributed by atoms with Crippen molar-refractivity contribution in [3.63, 3.8) is 0 Å². The molecule has 0 aromatic heterocycles. The number of hydrogen-bond acceptors (Lipinski definition) is 4. The van der Waals surface area contributed by atoms with E-state index in [1.54, 1.807) is 12.1 Å². The lowest BCUT2D eigenvalue weighted by Gasteiger charge is -2.20. The van der Waals surface area contributed by atoms with Crippen LogP contribution in [0.2, 0.25) is 0 Å². The molecule has 0 heterocycles. The number of hydrogen-bond donors (Lipinski definition) is 1. The van der Waals surface area contributed by atoms with Gasteiger partial charge in [0.25, 0.3) is 5.69 Å². The van der Waals surface area contributed by atoms with Crippen LogP contribution in [0.4, 0.5) is 5.69 Å². The highest BCUT2D eigenvalue weighted by molar-refractivity contribution is 5.33. The molecule has 5 nitrogen and oxygen atoms in total. The van der Waals surface area contributed by atoms with Crippen LogP contribution in [-0.2, 0) is 0 Å². The smallest absolute Gasteiger partial charge is 0.269 e. The van der Waals surface area contributed by atoms with Gasteiger partial charge in [-0.1, -0.05) is 13.3 Å². The van der Waals surface area contributed by atoms with E-state index in [0.717, 1.165) is 19.4 Å². The van der Waals surface area contributed by atoms with Crippen LogP contribution in [0.5, 0.6) is 0 Å². The number of nitrogens with zero attached hydrogens (tertiary/aromatic N) is 2. The average molecular weight is 252 g/mol. The van der Waals surface area contributed by atoms with Gasteiger partial charge in [-0.2, -0.15) is 0 Å². The summed E-state index contributed by atoms with van der Waals surface area (Å²) in [5.41, 5.74) is 0.759. The van der Waals surface area contributed by atoms with E-state index in [0.29, 0.717) is 12.1 Å². The molecule has 1 aromatic carbocycles. The van der Waals surface area contributed by atoms with Crippen molar-refractivity contribution in [2.45, 2.75) is 25.9 Å². The van der Waals surface area contributed by atoms with Gasteiger partial charge >= 0.3 is 0 Å². The molecule has 5 heteroatoms. The molecule has 0 fully saturated rings. The van der Waals surface area contributed by atoms with Gasteiger partial charge in [-0.05, 0) is 37.7 Å². The zero-order valence-electron chi connectivity index (χ0n) is 10.9. The van der Waals surface area contributed by atoms with Gasteiger partial charge in [0.2, 0.25) is 0 Å². The summed E-state index contributed by atoms with van der Waals surface area (Å²) in [6.45, 7) is 3.61. The van der Waals surface area contributed by atoms with Crippen LogP contribution in [0, 0.1) is 10.1 Å². The molecule has 18 heavy (non-hydrogen) atoms. The third kappa shape index (κ3) is 4.43. The van der Waals surface area contributed by atoms with E-state index in [1.807, 2.05) is 7.05 Å². The summed E-state index contributed by atoms with van der Waals surface area (Å²) in [4.78, 5) is 12.1. The number of non-ortho nitro benzene ring substituents is 1. The fourth-order valence-corrected chi connectivity index (χ4v) is 1.74. The van der Waals surface area contributed by atoms with Gasteiger partial charge < -0.3 is 10.0 Å². The summed E-state index contributed by atoms with van der Waals surface area (Å²) in [5, 5.41) is 20.5. The van der Waals surface area contributed by atoms with Gasteiger partial charge in [-0.15, -0.1) is 0 Å². The molecule has 100 valence electrons. The Bertz CT molecular complexity index is 378. The van der Waals surface area contributed by atoms with Crippen molar-refractivity contribution < 1.29 is 10.0 Å². The van der Waals surface area contributed by atoms with E-state index < -0.39 is 11.0 Å². The fourth-order valence-electron chi connectivity index (χ4n) is 1.74. The van der Waals surface area contributed by atoms with E-state index in [9.17, 15) is 15.2 Å². The molecule has 0 bridgehead atoms. The minimum Gasteiger partial charge on any atom is -0.387 e. The molecular formula is C13H20N2O3. The standard InChI is InChI=1S/C13H20N2O3/c1-3-4-9-14(2)10-13(16)11-5-7-12(8-6-11)15(17)18/h5-8,13,16H,3-4,9-10H2,1-2H3. The van der Waals surface area contributed by atoms with Gasteiger partial charge in [0, 0.05) is 18.7 Å². The number of nitro benzene ring substituents is 1. The van der Waals surface area contributed by atoms with Crippen LogP contribution in [0.15, 0.2) is 24.3 Å². The van der Waals surface area contributed by atoms with Crippen molar-refractivity contribution in [1.82, 2.24) is 4.90 Å². The molecule has 0 aliphatic rings. The van der Waals surface area contributed by atoms with Crippen molar-refractivity contribution in [2.75, 3.05) is 20.1 Å². The molecule has 0 aliphatic carbocycles. The van der Waals surface area contributed by atoms with Crippen molar-refractivity contribution >= 4 is 5.69 Å². The Morgan fingerprint density at radius 3 is 2.50 bits per heavy atom. The zero-order valence-corrected chi connectivity index (χ0v) is 10.9. The first-order valence-corrected chi connectivity index (χ1v) is 6.15. The predicted octanol–water partition coefficient (Wildman–Crippen LogP) is 2.36. The summed E-state index contributed by atoms with van der Waals surface area (Å²) < 4.78 is 0. The lowest BCUT2D eigenvalue weighted by Crippen LogP contribution is -2.25. The van der Waals surface area contributed by atoms with Gasteiger partial charge in [-0.25, -0.2) is 0 Å². The monoisotopic (exact) mass is 252 g/mol. The lowest BCUT2D eigenvalue weighted by atomic mass is 10.1. The van der Waals surface area contributed by atoms with Crippen molar-refractivity contribution in [3.8, 4) is 0 Å². The minimum absolute atomic E-state index is 0.0466. The van der Waals surface area contributed by atoms with E-state index >= 15 is 0 Å². The number of benzene rings is 1. The molecule has 0 radical (unpaired) electrons. The third-order valence-electron chi connectivity index (χ3n) is 2.87. The van der Waals surface area contributed by atoms with Gasteiger partial charge in [-0.3, -0.25) is 10.1 Å². The molecule has 1 aromatic rings. The molecule has 1 N–H and O–H groups in total. The Balaban J connectivity index is 2.55. The molecule has 1 atom stereocenters. The number of aliphatic hydroxyl groups is 1. The number of unbranched alkanes of at least 4 members (excludes halogenated alkanes) is 1. The molecule has 0 aliphatic heterocycles. The summed E-state index contributed by atoms with van der Waals surface area (Å²) in [7, 11) is 1.96. The van der Waals surface area contributed by atoms with E-state index in [1.165, 1.54) is 12.1 Å². The quantitative estimate of drug-likeness (QED) is 0.597. The van der Waals surface area contributed by atoms with E-state index in [-0.39, 0.29) is 5.69 Å². The molecule has 0 saturated heterocycles. The second kappa shape index (κ2) is 7.08. The van der Waals surface area contributed by atoms with Gasteiger partial charge in [0.1, 0.15) is 0 Å². The summed E-state index contributed by atoms with van der Waals surface area (Å²) in [5.74, 6) is 0. The maximum absolute atomic E-state index is 10.5. The first kappa shape index (κ1) is 14.6. The maximum atomic E-state index is 10.5. The molecule has 1 rings (SSSR count). The number of rotatable bonds is 7. The number of aliphatic hydroxyl groups excluding tert-OH is 1. The largest absolute Gasteiger partial charge is 0.387 e. The number of likely N-dealkylation sites (N-methyl/N-ethyl adjacent to an activating group) is 1. The van der Waals surface area contributed by atoms with E-state index in [2.05, 4.69) is 11.8 Å². The second-order valence-electron chi connectivity index (χ2n) is 4.48. The highest BCUT2D eigenvalue weighted by Gasteiger charge is 2.12. The highest BCUT2D eigenvalue weighted by Crippen LogP contribution is 2.18. The van der Waals surface area contributed by atoms with Crippen LogP contribution in [0.1, 0.15) is 31.4 Å². The Kier molecular flexibility index (Phi) is 5.74. The Hall–Kier alpha value is -1.46. The predicted molar refractivity (Wildman–Crippen MR) is 70.5 cm³/mol. The van der Waals surface area contributed by atoms with Crippen LogP contribution in [0.25, 0.3) is 0 Å². The van der Waals surface area contributed by atoms with Crippen molar-refractivity contribution in [1.29, 1.82) is 0 Å². The van der Waals surface area contributed by atoms with Gasteiger partial charge in [0.05, 0.1) is 11.0 Å². The Morgan fingerprint density at radius 2 is 2.00 bits per heavy atom. The summed E-state index contributed by atoms with van der Waals surface area (Å²) >= 11 is 0. The van der Waals surface area contributed by atoms with Crippen LogP contribution in [-0.4, -0.2) is 35.1 Å². The van der Waals surface area contributed by atoms with Crippen molar-refractivity contribution in [2.24, 2.45) is 0 Å². The second-order valence-corrected chi connectivity index (χ2v) is 4.48. The summed E-state index contributed by atoms with van der Waals surface area (Å²) in [6, 6.07) is 6.06. The van der Waals surface area contributed by atoms with Crippen LogP contribution < -0.4 is 0 Å². The van der Waals surface area contributed by atoms with Crippen LogP contribution >= 0.6 is 0 Å². The van der Waals surface area contributed by atoms with Gasteiger partial charge in [0.15, 0.2) is 0 Å². The molecular weight excluding hydrogens is 232 g/mol. The zero-order chi connectivity index (χ0) is 13.5. The highest BCUT2D eigenvalue weighted by atomic mass is 16.6. The Morgan fingerprint density at radius 1 is 1.39 bits per heavy atom. The number of nitro groups is 1. The molecule has 0 saturated carbocycles. The maximum Gasteiger partial charge on any atom is 0.269 e. The summed E-state index contributed by atoms with van der Waals surface area (Å²) in [6.07, 6.45) is 1.62. The topological polar surface area (TPSA) is 66.6 Å². The molecule has 0 amide bonds. The SMILES string of the molecule is CCCCN(C)CC(O)c1ccc([N+](=O)[O-])cc1. The molecule has 0 spiro atoms.